The summed E-state index contributed by atoms with van der Waals surface area (Å²) in [4.78, 5) is -0.0260. The Morgan fingerprint density at radius 2 is 1.68 bits per heavy atom. The molecular weight excluding hydrogens is 372 g/mol. The molecule has 118 valence electrons. The van der Waals surface area contributed by atoms with Gasteiger partial charge in [-0.1, -0.05) is 0 Å². The van der Waals surface area contributed by atoms with Crippen LogP contribution in [0.15, 0.2) is 45.8 Å². The number of rotatable bonds is 5. The zero-order valence-electron chi connectivity index (χ0n) is 12.0. The van der Waals surface area contributed by atoms with Gasteiger partial charge in [0.25, 0.3) is 10.0 Å². The molecule has 0 amide bonds. The Bertz CT molecular complexity index is 793. The van der Waals surface area contributed by atoms with Crippen LogP contribution in [0.2, 0.25) is 0 Å². The van der Waals surface area contributed by atoms with Crippen LogP contribution in [-0.2, 0) is 10.0 Å². The maximum atomic E-state index is 12.5. The number of sulfonamides is 1. The first-order chi connectivity index (χ1) is 10.4. The van der Waals surface area contributed by atoms with E-state index in [-0.39, 0.29) is 10.6 Å². The van der Waals surface area contributed by atoms with Crippen molar-refractivity contribution in [3.8, 4) is 11.5 Å². The van der Waals surface area contributed by atoms with E-state index in [1.54, 1.807) is 24.3 Å². The monoisotopic (exact) mass is 386 g/mol. The smallest absolute Gasteiger partial charge is 0.265 e. The zero-order valence-corrected chi connectivity index (χ0v) is 14.4. The summed E-state index contributed by atoms with van der Waals surface area (Å²) in [5.41, 5.74) is 6.38. The quantitative estimate of drug-likeness (QED) is 0.770. The molecule has 8 heteroatoms. The van der Waals surface area contributed by atoms with E-state index in [0.29, 0.717) is 21.6 Å². The van der Waals surface area contributed by atoms with Crippen molar-refractivity contribution in [3.63, 3.8) is 0 Å². The highest BCUT2D eigenvalue weighted by Gasteiger charge is 2.20. The van der Waals surface area contributed by atoms with Crippen molar-refractivity contribution in [2.75, 3.05) is 24.7 Å². The second kappa shape index (κ2) is 6.45. The van der Waals surface area contributed by atoms with Crippen molar-refractivity contribution in [3.05, 3.63) is 40.9 Å². The average molecular weight is 387 g/mol. The first-order valence-corrected chi connectivity index (χ1v) is 8.45. The molecule has 0 unspecified atom stereocenters. The van der Waals surface area contributed by atoms with Gasteiger partial charge >= 0.3 is 0 Å². The van der Waals surface area contributed by atoms with Gasteiger partial charge in [0.1, 0.15) is 16.4 Å². The molecule has 0 heterocycles. The third-order valence-corrected chi connectivity index (χ3v) is 4.90. The number of nitrogens with one attached hydrogen (secondary N) is 1. The van der Waals surface area contributed by atoms with Crippen molar-refractivity contribution in [2.45, 2.75) is 4.90 Å². The molecule has 0 aliphatic heterocycles. The fourth-order valence-electron chi connectivity index (χ4n) is 1.84. The number of ether oxygens (including phenoxy) is 2. The Labute approximate surface area is 137 Å². The predicted molar refractivity (Wildman–Crippen MR) is 88.9 cm³/mol. The van der Waals surface area contributed by atoms with Gasteiger partial charge < -0.3 is 15.2 Å². The number of benzene rings is 2. The van der Waals surface area contributed by atoms with Crippen LogP contribution in [0.3, 0.4) is 0 Å². The number of nitrogens with two attached hydrogens (primary N) is 1. The Morgan fingerprint density at radius 3 is 2.27 bits per heavy atom. The first kappa shape index (κ1) is 16.4. The SMILES string of the molecule is COc1ccc(NS(=O)(=O)c2cc(N)ccc2OC)cc1Br. The lowest BCUT2D eigenvalue weighted by Gasteiger charge is -2.13. The van der Waals surface area contributed by atoms with Gasteiger partial charge in [-0.05, 0) is 52.3 Å². The number of anilines is 2. The largest absolute Gasteiger partial charge is 0.496 e. The predicted octanol–water partition coefficient (Wildman–Crippen LogP) is 2.85. The van der Waals surface area contributed by atoms with E-state index >= 15 is 0 Å². The van der Waals surface area contributed by atoms with Crippen LogP contribution in [0.5, 0.6) is 11.5 Å². The summed E-state index contributed by atoms with van der Waals surface area (Å²) >= 11 is 3.31. The molecule has 2 aromatic carbocycles. The molecular formula is C14H15BrN2O4S. The van der Waals surface area contributed by atoms with Crippen LogP contribution in [0.1, 0.15) is 0 Å². The van der Waals surface area contributed by atoms with Gasteiger partial charge in [0.15, 0.2) is 0 Å². The first-order valence-electron chi connectivity index (χ1n) is 6.17. The lowest BCUT2D eigenvalue weighted by molar-refractivity contribution is 0.403. The number of nitrogen functional groups attached to an aromatic ring is 1. The zero-order chi connectivity index (χ0) is 16.3. The van der Waals surface area contributed by atoms with E-state index in [4.69, 9.17) is 15.2 Å². The van der Waals surface area contributed by atoms with Crippen LogP contribution in [-0.4, -0.2) is 22.6 Å². The Hall–Kier alpha value is -1.93. The molecule has 0 aliphatic rings. The molecule has 0 spiro atoms. The fourth-order valence-corrected chi connectivity index (χ4v) is 3.64. The molecule has 0 saturated carbocycles. The number of halogens is 1. The van der Waals surface area contributed by atoms with Gasteiger partial charge in [-0.25, -0.2) is 8.42 Å². The van der Waals surface area contributed by atoms with Crippen molar-refractivity contribution in [1.29, 1.82) is 0 Å². The van der Waals surface area contributed by atoms with Crippen molar-refractivity contribution in [1.82, 2.24) is 0 Å². The second-order valence-electron chi connectivity index (χ2n) is 4.37. The van der Waals surface area contributed by atoms with Crippen LogP contribution < -0.4 is 19.9 Å². The van der Waals surface area contributed by atoms with Gasteiger partial charge in [0, 0.05) is 5.69 Å². The summed E-state index contributed by atoms with van der Waals surface area (Å²) < 4.78 is 38.3. The molecule has 0 saturated heterocycles. The fraction of sp³-hybridized carbons (Fsp3) is 0.143. The van der Waals surface area contributed by atoms with Gasteiger partial charge in [-0.3, -0.25) is 4.72 Å². The molecule has 2 rings (SSSR count). The van der Waals surface area contributed by atoms with Gasteiger partial charge in [0.05, 0.1) is 24.4 Å². The highest BCUT2D eigenvalue weighted by molar-refractivity contribution is 9.10. The summed E-state index contributed by atoms with van der Waals surface area (Å²) in [6, 6.07) is 9.28. The second-order valence-corrected chi connectivity index (χ2v) is 6.87. The molecule has 0 aliphatic carbocycles. The molecule has 0 atom stereocenters. The summed E-state index contributed by atoms with van der Waals surface area (Å²) in [7, 11) is -0.905. The minimum Gasteiger partial charge on any atom is -0.496 e. The van der Waals surface area contributed by atoms with Crippen molar-refractivity contribution in [2.24, 2.45) is 0 Å². The molecule has 0 fully saturated rings. The highest BCUT2D eigenvalue weighted by atomic mass is 79.9. The van der Waals surface area contributed by atoms with Crippen LogP contribution in [0.4, 0.5) is 11.4 Å². The van der Waals surface area contributed by atoms with E-state index in [1.165, 1.54) is 26.4 Å². The number of hydrogen-bond acceptors (Lipinski definition) is 5. The average Bonchev–Trinajstić information content (AvgIpc) is 2.47. The maximum Gasteiger partial charge on any atom is 0.265 e. The lowest BCUT2D eigenvalue weighted by atomic mass is 10.3. The van der Waals surface area contributed by atoms with Crippen LogP contribution in [0.25, 0.3) is 0 Å². The van der Waals surface area contributed by atoms with E-state index in [1.807, 2.05) is 0 Å². The molecule has 0 bridgehead atoms. The maximum absolute atomic E-state index is 12.5. The molecule has 6 nitrogen and oxygen atoms in total. The molecule has 0 aromatic heterocycles. The Balaban J connectivity index is 2.40. The molecule has 2 aromatic rings. The summed E-state index contributed by atoms with van der Waals surface area (Å²) in [5, 5.41) is 0. The van der Waals surface area contributed by atoms with Crippen LogP contribution >= 0.6 is 15.9 Å². The Kier molecular flexibility index (Phi) is 4.82. The normalized spacial score (nSPS) is 11.0. The number of hydrogen-bond donors (Lipinski definition) is 2. The van der Waals surface area contributed by atoms with Gasteiger partial charge in [-0.2, -0.15) is 0 Å². The van der Waals surface area contributed by atoms with E-state index < -0.39 is 10.0 Å². The summed E-state index contributed by atoms with van der Waals surface area (Å²) in [6.07, 6.45) is 0. The van der Waals surface area contributed by atoms with Crippen LogP contribution in [0, 0.1) is 0 Å². The van der Waals surface area contributed by atoms with Crippen molar-refractivity contribution >= 4 is 37.3 Å². The molecule has 0 radical (unpaired) electrons. The minimum atomic E-state index is -3.83. The standard InChI is InChI=1S/C14H15BrN2O4S/c1-20-12-6-4-10(8-11(12)15)17-22(18,19)14-7-9(16)3-5-13(14)21-2/h3-8,17H,16H2,1-2H3. The summed E-state index contributed by atoms with van der Waals surface area (Å²) in [6.45, 7) is 0. The molecule has 3 N–H and O–H groups in total. The van der Waals surface area contributed by atoms with Gasteiger partial charge in [0.2, 0.25) is 0 Å². The van der Waals surface area contributed by atoms with E-state index in [0.717, 1.165) is 0 Å². The highest BCUT2D eigenvalue weighted by Crippen LogP contribution is 2.31. The summed E-state index contributed by atoms with van der Waals surface area (Å²) in [5.74, 6) is 0.818. The third kappa shape index (κ3) is 3.45. The van der Waals surface area contributed by atoms with Crippen molar-refractivity contribution < 1.29 is 17.9 Å². The van der Waals surface area contributed by atoms with E-state index in [9.17, 15) is 8.42 Å². The van der Waals surface area contributed by atoms with Gasteiger partial charge in [-0.15, -0.1) is 0 Å². The Morgan fingerprint density at radius 1 is 1.05 bits per heavy atom. The molecule has 22 heavy (non-hydrogen) atoms. The lowest BCUT2D eigenvalue weighted by Crippen LogP contribution is -2.14. The minimum absolute atomic E-state index is 0.0260. The topological polar surface area (TPSA) is 90.7 Å². The van der Waals surface area contributed by atoms with E-state index in [2.05, 4.69) is 20.7 Å². The third-order valence-electron chi connectivity index (χ3n) is 2.88. The number of methoxy groups -OCH3 is 2.